The third kappa shape index (κ3) is 3.67. The molecule has 7 heteroatoms. The largest absolute Gasteiger partial charge is 0.359 e. The molecule has 1 amide bonds. The van der Waals surface area contributed by atoms with Gasteiger partial charge in [-0.3, -0.25) is 14.7 Å². The Morgan fingerprint density at radius 2 is 2.00 bits per heavy atom. The number of likely N-dealkylation sites (tertiary alicyclic amines) is 1. The first-order chi connectivity index (χ1) is 14.3. The van der Waals surface area contributed by atoms with E-state index >= 15 is 0 Å². The number of hydrogen-bond donors (Lipinski definition) is 3. The normalized spacial score (nSPS) is 25.7. The summed E-state index contributed by atoms with van der Waals surface area (Å²) in [6.45, 7) is 3.36. The number of aromatic nitrogens is 1. The van der Waals surface area contributed by atoms with Crippen LogP contribution in [0.4, 0.5) is 0 Å². The van der Waals surface area contributed by atoms with Gasteiger partial charge in [-0.1, -0.05) is 6.42 Å². The van der Waals surface area contributed by atoms with Gasteiger partial charge < -0.3 is 10.3 Å². The SMILES string of the molecule is O=C1NN=CC1C1=NC=CNC1=Cc1[nH]c2c(c1CN1CCCCC1)CCCC2. The number of carbonyl (C=O) groups excluding carboxylic acids is 1. The molecule has 7 nitrogen and oxygen atoms in total. The summed E-state index contributed by atoms with van der Waals surface area (Å²) in [7, 11) is 0. The minimum Gasteiger partial charge on any atom is -0.359 e. The number of hydrazone groups is 1. The fourth-order valence-corrected chi connectivity index (χ4v) is 4.83. The number of hydrogen-bond acceptors (Lipinski definition) is 5. The summed E-state index contributed by atoms with van der Waals surface area (Å²) in [5, 5.41) is 7.21. The maximum absolute atomic E-state index is 12.1. The number of carbonyl (C=O) groups is 1. The molecule has 1 saturated heterocycles. The van der Waals surface area contributed by atoms with Crippen LogP contribution in [0.15, 0.2) is 28.2 Å². The molecule has 0 aromatic carbocycles. The van der Waals surface area contributed by atoms with E-state index in [9.17, 15) is 4.79 Å². The Morgan fingerprint density at radius 1 is 1.14 bits per heavy atom. The second-order valence-corrected chi connectivity index (χ2v) is 8.28. The second kappa shape index (κ2) is 7.99. The molecule has 5 rings (SSSR count). The number of aliphatic imine (C=N–C) groups is 1. The number of allylic oxidation sites excluding steroid dienone is 1. The monoisotopic (exact) mass is 392 g/mol. The van der Waals surface area contributed by atoms with Gasteiger partial charge in [-0.05, 0) is 68.8 Å². The number of aromatic amines is 1. The van der Waals surface area contributed by atoms with Gasteiger partial charge in [0.2, 0.25) is 0 Å². The van der Waals surface area contributed by atoms with Crippen LogP contribution in [0.5, 0.6) is 0 Å². The Balaban J connectivity index is 1.50. The molecule has 0 radical (unpaired) electrons. The zero-order valence-electron chi connectivity index (χ0n) is 16.7. The van der Waals surface area contributed by atoms with Crippen molar-refractivity contribution in [3.05, 3.63) is 40.6 Å². The number of fused-ring (bicyclic) bond motifs is 1. The highest BCUT2D eigenvalue weighted by Gasteiger charge is 2.30. The maximum atomic E-state index is 12.1. The van der Waals surface area contributed by atoms with Gasteiger partial charge in [-0.2, -0.15) is 5.10 Å². The summed E-state index contributed by atoms with van der Waals surface area (Å²) in [6.07, 6.45) is 16.0. The molecule has 1 aliphatic carbocycles. The molecule has 1 atom stereocenters. The molecule has 0 bridgehead atoms. The Kier molecular flexibility index (Phi) is 5.06. The zero-order chi connectivity index (χ0) is 19.6. The first-order valence-electron chi connectivity index (χ1n) is 10.8. The van der Waals surface area contributed by atoms with Crippen LogP contribution in [0.1, 0.15) is 54.6 Å². The van der Waals surface area contributed by atoms with Crippen molar-refractivity contribution in [2.45, 2.75) is 51.5 Å². The molecule has 3 N–H and O–H groups in total. The number of piperidine rings is 1. The molecule has 4 heterocycles. The lowest BCUT2D eigenvalue weighted by atomic mass is 9.93. The van der Waals surface area contributed by atoms with Crippen molar-refractivity contribution in [1.29, 1.82) is 0 Å². The van der Waals surface area contributed by atoms with Crippen molar-refractivity contribution < 1.29 is 4.79 Å². The highest BCUT2D eigenvalue weighted by Crippen LogP contribution is 2.30. The van der Waals surface area contributed by atoms with E-state index in [-0.39, 0.29) is 5.91 Å². The maximum Gasteiger partial charge on any atom is 0.254 e. The molecule has 1 fully saturated rings. The van der Waals surface area contributed by atoms with Crippen LogP contribution in [0.3, 0.4) is 0 Å². The summed E-state index contributed by atoms with van der Waals surface area (Å²) in [5.74, 6) is -0.583. The fraction of sp³-hybridized carbons (Fsp3) is 0.500. The number of aryl methyl sites for hydroxylation is 1. The third-order valence-electron chi connectivity index (χ3n) is 6.34. The third-order valence-corrected chi connectivity index (χ3v) is 6.34. The van der Waals surface area contributed by atoms with Crippen molar-refractivity contribution in [2.24, 2.45) is 16.0 Å². The quantitative estimate of drug-likeness (QED) is 0.736. The molecule has 0 saturated carbocycles. The van der Waals surface area contributed by atoms with Crippen molar-refractivity contribution in [3.63, 3.8) is 0 Å². The molecule has 29 heavy (non-hydrogen) atoms. The lowest BCUT2D eigenvalue weighted by Gasteiger charge is -2.27. The van der Waals surface area contributed by atoms with E-state index in [1.54, 1.807) is 12.4 Å². The smallest absolute Gasteiger partial charge is 0.254 e. The van der Waals surface area contributed by atoms with Crippen molar-refractivity contribution in [3.8, 4) is 0 Å². The molecule has 3 aliphatic heterocycles. The van der Waals surface area contributed by atoms with Crippen molar-refractivity contribution in [2.75, 3.05) is 13.1 Å². The van der Waals surface area contributed by atoms with E-state index in [1.165, 1.54) is 62.0 Å². The molecule has 1 unspecified atom stereocenters. The highest BCUT2D eigenvalue weighted by molar-refractivity contribution is 6.24. The lowest BCUT2D eigenvalue weighted by Crippen LogP contribution is -2.33. The minimum atomic E-state index is -0.450. The van der Waals surface area contributed by atoms with E-state index in [0.29, 0.717) is 5.71 Å². The van der Waals surface area contributed by atoms with Gasteiger partial charge in [0, 0.05) is 36.5 Å². The molecule has 0 spiro atoms. The summed E-state index contributed by atoms with van der Waals surface area (Å²) >= 11 is 0. The van der Waals surface area contributed by atoms with Gasteiger partial charge >= 0.3 is 0 Å². The number of nitrogens with one attached hydrogen (secondary N) is 3. The van der Waals surface area contributed by atoms with E-state index in [4.69, 9.17) is 0 Å². The number of amides is 1. The first kappa shape index (κ1) is 18.4. The van der Waals surface area contributed by atoms with E-state index < -0.39 is 5.92 Å². The average molecular weight is 393 g/mol. The number of rotatable bonds is 4. The topological polar surface area (TPSA) is 84.9 Å². The lowest BCUT2D eigenvalue weighted by molar-refractivity contribution is -0.120. The van der Waals surface area contributed by atoms with E-state index in [2.05, 4.69) is 36.8 Å². The standard InChI is InChI=1S/C22H28N6O/c29-22-16(13-25-27-22)21-20(23-8-9-24-21)12-19-17(14-28-10-4-1-5-11-28)15-6-2-3-7-18(15)26-19/h8-9,12-13,16,23,26H,1-7,10-11,14H2,(H,27,29). The Hall–Kier alpha value is -2.67. The average Bonchev–Trinajstić information content (AvgIpc) is 3.33. The molecular weight excluding hydrogens is 364 g/mol. The second-order valence-electron chi connectivity index (χ2n) is 8.28. The minimum absolute atomic E-state index is 0.133. The van der Waals surface area contributed by atoms with E-state index in [1.807, 2.05) is 6.20 Å². The van der Waals surface area contributed by atoms with Gasteiger partial charge in [0.15, 0.2) is 0 Å². The van der Waals surface area contributed by atoms with Gasteiger partial charge in [0.1, 0.15) is 5.92 Å². The molecule has 152 valence electrons. The Bertz CT molecular complexity index is 916. The Labute approximate surface area is 171 Å². The number of nitrogens with zero attached hydrogens (tertiary/aromatic N) is 3. The Morgan fingerprint density at radius 3 is 2.83 bits per heavy atom. The summed E-state index contributed by atoms with van der Waals surface area (Å²) in [4.78, 5) is 22.9. The van der Waals surface area contributed by atoms with Gasteiger partial charge in [0.05, 0.1) is 11.4 Å². The fourth-order valence-electron chi connectivity index (χ4n) is 4.83. The predicted octanol–water partition coefficient (Wildman–Crippen LogP) is 2.47. The number of H-pyrrole nitrogens is 1. The highest BCUT2D eigenvalue weighted by atomic mass is 16.2. The predicted molar refractivity (Wildman–Crippen MR) is 114 cm³/mol. The van der Waals surface area contributed by atoms with Crippen LogP contribution >= 0.6 is 0 Å². The van der Waals surface area contributed by atoms with Crippen LogP contribution in [-0.4, -0.2) is 40.8 Å². The van der Waals surface area contributed by atoms with E-state index in [0.717, 1.165) is 30.8 Å². The van der Waals surface area contributed by atoms with Crippen molar-refractivity contribution >= 4 is 23.9 Å². The summed E-state index contributed by atoms with van der Waals surface area (Å²) < 4.78 is 0. The summed E-state index contributed by atoms with van der Waals surface area (Å²) in [6, 6.07) is 0. The zero-order valence-corrected chi connectivity index (χ0v) is 16.7. The van der Waals surface area contributed by atoms with Crippen LogP contribution in [-0.2, 0) is 24.2 Å². The molecular formula is C22H28N6O. The van der Waals surface area contributed by atoms with Gasteiger partial charge in [0.25, 0.3) is 5.91 Å². The molecule has 1 aromatic heterocycles. The summed E-state index contributed by atoms with van der Waals surface area (Å²) in [5.41, 5.74) is 9.57. The van der Waals surface area contributed by atoms with Crippen LogP contribution in [0, 0.1) is 5.92 Å². The van der Waals surface area contributed by atoms with Crippen molar-refractivity contribution in [1.82, 2.24) is 20.6 Å². The van der Waals surface area contributed by atoms with Crippen LogP contribution < -0.4 is 10.7 Å². The van der Waals surface area contributed by atoms with Crippen LogP contribution in [0.25, 0.3) is 6.08 Å². The van der Waals surface area contributed by atoms with Gasteiger partial charge in [-0.15, -0.1) is 0 Å². The molecule has 1 aromatic rings. The first-order valence-corrected chi connectivity index (χ1v) is 10.8. The van der Waals surface area contributed by atoms with Crippen LogP contribution in [0.2, 0.25) is 0 Å². The van der Waals surface area contributed by atoms with Gasteiger partial charge in [-0.25, -0.2) is 5.43 Å². The molecule has 4 aliphatic rings.